The number of benzene rings is 2. The summed E-state index contributed by atoms with van der Waals surface area (Å²) in [6, 6.07) is 11.9. The number of amides is 1. The summed E-state index contributed by atoms with van der Waals surface area (Å²) in [6.45, 7) is 1.76. The minimum atomic E-state index is -0.268. The van der Waals surface area contributed by atoms with Crippen molar-refractivity contribution in [1.82, 2.24) is 5.32 Å². The molecule has 0 radical (unpaired) electrons. The molecule has 0 unspecified atom stereocenters. The molecule has 0 aromatic heterocycles. The van der Waals surface area contributed by atoms with Crippen molar-refractivity contribution in [3.05, 3.63) is 64.2 Å². The van der Waals surface area contributed by atoms with Crippen molar-refractivity contribution in [1.29, 1.82) is 0 Å². The highest BCUT2D eigenvalue weighted by molar-refractivity contribution is 6.34. The van der Waals surface area contributed by atoms with Gasteiger partial charge in [-0.15, -0.1) is 0 Å². The fourth-order valence-electron chi connectivity index (χ4n) is 1.91. The van der Waals surface area contributed by atoms with E-state index >= 15 is 0 Å². The van der Waals surface area contributed by atoms with E-state index in [1.807, 2.05) is 18.2 Å². The summed E-state index contributed by atoms with van der Waals surface area (Å²) < 4.78 is 0. The maximum atomic E-state index is 12.1. The molecule has 1 amide bonds. The van der Waals surface area contributed by atoms with Crippen LogP contribution in [0, 0.1) is 0 Å². The summed E-state index contributed by atoms with van der Waals surface area (Å²) >= 11 is 5.99. The Morgan fingerprint density at radius 3 is 2.52 bits per heavy atom. The van der Waals surface area contributed by atoms with Crippen LogP contribution >= 0.6 is 11.6 Å². The number of carbonyl (C=O) groups excluding carboxylic acids is 2. The molecule has 0 aliphatic heterocycles. The molecule has 5 heteroatoms. The Balaban J connectivity index is 2.09. The van der Waals surface area contributed by atoms with Crippen molar-refractivity contribution in [2.45, 2.75) is 13.5 Å². The predicted molar refractivity (Wildman–Crippen MR) is 83.5 cm³/mol. The minimum absolute atomic E-state index is 0.135. The van der Waals surface area contributed by atoms with Gasteiger partial charge in [-0.1, -0.05) is 29.8 Å². The number of halogens is 1. The largest absolute Gasteiger partial charge is 0.398 e. The Bertz CT molecular complexity index is 698. The lowest BCUT2D eigenvalue weighted by Gasteiger charge is -2.08. The van der Waals surface area contributed by atoms with Gasteiger partial charge in [-0.25, -0.2) is 0 Å². The van der Waals surface area contributed by atoms with Crippen LogP contribution in [0.15, 0.2) is 42.5 Å². The molecular formula is C16H15ClN2O2. The lowest BCUT2D eigenvalue weighted by molar-refractivity contribution is 0.0949. The molecule has 2 rings (SSSR count). The number of carbonyl (C=O) groups is 2. The standard InChI is InChI=1S/C16H15ClN2O2/c1-10(20)13-7-6-11(8-14(13)17)16(21)19-9-12-4-2-3-5-15(12)18/h2-8H,9,18H2,1H3,(H,19,21). The average Bonchev–Trinajstić information content (AvgIpc) is 2.45. The van der Waals surface area contributed by atoms with Gasteiger partial charge in [0.1, 0.15) is 0 Å². The zero-order valence-corrected chi connectivity index (χ0v) is 12.3. The predicted octanol–water partition coefficient (Wildman–Crippen LogP) is 3.05. The Kier molecular flexibility index (Phi) is 4.60. The van der Waals surface area contributed by atoms with E-state index in [1.165, 1.54) is 13.0 Å². The van der Waals surface area contributed by atoms with Crippen molar-refractivity contribution in [2.24, 2.45) is 0 Å². The van der Waals surface area contributed by atoms with Crippen molar-refractivity contribution >= 4 is 29.0 Å². The fourth-order valence-corrected chi connectivity index (χ4v) is 2.23. The molecule has 0 aliphatic carbocycles. The van der Waals surface area contributed by atoms with Gasteiger partial charge in [0.25, 0.3) is 5.91 Å². The topological polar surface area (TPSA) is 72.2 Å². The van der Waals surface area contributed by atoms with Gasteiger partial charge in [-0.2, -0.15) is 0 Å². The lowest BCUT2D eigenvalue weighted by atomic mass is 10.1. The summed E-state index contributed by atoms with van der Waals surface area (Å²) in [5.41, 5.74) is 8.09. The third-order valence-corrected chi connectivity index (χ3v) is 3.42. The summed E-state index contributed by atoms with van der Waals surface area (Å²) in [5, 5.41) is 3.04. The average molecular weight is 303 g/mol. The number of hydrogen-bond acceptors (Lipinski definition) is 3. The molecule has 0 heterocycles. The smallest absolute Gasteiger partial charge is 0.251 e. The van der Waals surface area contributed by atoms with Crippen LogP contribution in [-0.4, -0.2) is 11.7 Å². The van der Waals surface area contributed by atoms with E-state index in [0.29, 0.717) is 23.4 Å². The minimum Gasteiger partial charge on any atom is -0.398 e. The highest BCUT2D eigenvalue weighted by Gasteiger charge is 2.11. The third kappa shape index (κ3) is 3.61. The van der Waals surface area contributed by atoms with Crippen LogP contribution in [0.1, 0.15) is 33.2 Å². The SMILES string of the molecule is CC(=O)c1ccc(C(=O)NCc2ccccc2N)cc1Cl. The molecule has 0 bridgehead atoms. The van der Waals surface area contributed by atoms with E-state index in [9.17, 15) is 9.59 Å². The quantitative estimate of drug-likeness (QED) is 0.673. The molecular weight excluding hydrogens is 288 g/mol. The van der Waals surface area contributed by atoms with Gasteiger partial charge in [0.05, 0.1) is 5.02 Å². The van der Waals surface area contributed by atoms with Crippen LogP contribution in [0.3, 0.4) is 0 Å². The van der Waals surface area contributed by atoms with Crippen LogP contribution in [-0.2, 0) is 6.54 Å². The van der Waals surface area contributed by atoms with Crippen molar-refractivity contribution in [3.63, 3.8) is 0 Å². The van der Waals surface area contributed by atoms with Crippen LogP contribution < -0.4 is 11.1 Å². The number of hydrogen-bond donors (Lipinski definition) is 2. The number of anilines is 1. The number of nitrogens with one attached hydrogen (secondary N) is 1. The van der Waals surface area contributed by atoms with Gasteiger partial charge in [-0.05, 0) is 36.8 Å². The van der Waals surface area contributed by atoms with E-state index in [0.717, 1.165) is 5.56 Å². The molecule has 4 nitrogen and oxygen atoms in total. The molecule has 2 aromatic carbocycles. The Morgan fingerprint density at radius 1 is 1.19 bits per heavy atom. The van der Waals surface area contributed by atoms with Gasteiger partial charge in [0, 0.05) is 23.4 Å². The van der Waals surface area contributed by atoms with E-state index in [4.69, 9.17) is 17.3 Å². The highest BCUT2D eigenvalue weighted by Crippen LogP contribution is 2.18. The summed E-state index contributed by atoms with van der Waals surface area (Å²) in [4.78, 5) is 23.4. The summed E-state index contributed by atoms with van der Waals surface area (Å²) in [7, 11) is 0. The van der Waals surface area contributed by atoms with Crippen LogP contribution in [0.4, 0.5) is 5.69 Å². The van der Waals surface area contributed by atoms with E-state index < -0.39 is 0 Å². The zero-order valence-electron chi connectivity index (χ0n) is 11.5. The number of nitrogens with two attached hydrogens (primary N) is 1. The number of para-hydroxylation sites is 1. The number of nitrogen functional groups attached to an aromatic ring is 1. The van der Waals surface area contributed by atoms with Gasteiger partial charge >= 0.3 is 0 Å². The Labute approximate surface area is 127 Å². The molecule has 2 aromatic rings. The third-order valence-electron chi connectivity index (χ3n) is 3.11. The number of Topliss-reactive ketones (excluding diaryl/α,β-unsaturated/α-hetero) is 1. The van der Waals surface area contributed by atoms with Crippen molar-refractivity contribution in [3.8, 4) is 0 Å². The van der Waals surface area contributed by atoms with Gasteiger partial charge < -0.3 is 11.1 Å². The first kappa shape index (κ1) is 15.1. The fraction of sp³-hybridized carbons (Fsp3) is 0.125. The molecule has 0 saturated heterocycles. The lowest BCUT2D eigenvalue weighted by Crippen LogP contribution is -2.23. The summed E-state index contributed by atoms with van der Waals surface area (Å²) in [5.74, 6) is -0.403. The maximum Gasteiger partial charge on any atom is 0.251 e. The second-order valence-electron chi connectivity index (χ2n) is 4.63. The van der Waals surface area contributed by atoms with Gasteiger partial charge in [0.15, 0.2) is 5.78 Å². The molecule has 21 heavy (non-hydrogen) atoms. The van der Waals surface area contributed by atoms with Crippen molar-refractivity contribution in [2.75, 3.05) is 5.73 Å². The van der Waals surface area contributed by atoms with Gasteiger partial charge in [0.2, 0.25) is 0 Å². The molecule has 108 valence electrons. The first-order valence-corrected chi connectivity index (χ1v) is 6.79. The van der Waals surface area contributed by atoms with Gasteiger partial charge in [-0.3, -0.25) is 9.59 Å². The first-order valence-electron chi connectivity index (χ1n) is 6.41. The van der Waals surface area contributed by atoms with Crippen LogP contribution in [0.5, 0.6) is 0 Å². The number of ketones is 1. The van der Waals surface area contributed by atoms with Crippen LogP contribution in [0.2, 0.25) is 5.02 Å². The molecule has 3 N–H and O–H groups in total. The molecule has 0 fully saturated rings. The zero-order chi connectivity index (χ0) is 15.4. The maximum absolute atomic E-state index is 12.1. The monoisotopic (exact) mass is 302 g/mol. The Morgan fingerprint density at radius 2 is 1.90 bits per heavy atom. The second kappa shape index (κ2) is 6.41. The first-order chi connectivity index (χ1) is 9.99. The Hall–Kier alpha value is -2.33. The van der Waals surface area contributed by atoms with E-state index in [2.05, 4.69) is 5.32 Å². The van der Waals surface area contributed by atoms with E-state index in [-0.39, 0.29) is 16.7 Å². The van der Waals surface area contributed by atoms with E-state index in [1.54, 1.807) is 18.2 Å². The highest BCUT2D eigenvalue weighted by atomic mass is 35.5. The molecule has 0 aliphatic rings. The van der Waals surface area contributed by atoms with Crippen molar-refractivity contribution < 1.29 is 9.59 Å². The molecule has 0 saturated carbocycles. The second-order valence-corrected chi connectivity index (χ2v) is 5.04. The number of rotatable bonds is 4. The molecule has 0 atom stereocenters. The normalized spacial score (nSPS) is 10.2. The summed E-state index contributed by atoms with van der Waals surface area (Å²) in [6.07, 6.45) is 0. The van der Waals surface area contributed by atoms with Crippen LogP contribution in [0.25, 0.3) is 0 Å². The molecule has 0 spiro atoms.